The van der Waals surface area contributed by atoms with Crippen LogP contribution in [0.2, 0.25) is 0 Å². The van der Waals surface area contributed by atoms with Crippen molar-refractivity contribution in [2.75, 3.05) is 33.4 Å². The fraction of sp³-hybridized carbons (Fsp3) is 0.846. The number of ether oxygens (including phenoxy) is 1. The number of hydrogen-bond donors (Lipinski definition) is 3. The largest absolute Gasteiger partial charge is 0.409 e. The Bertz CT molecular complexity index is 372. The van der Waals surface area contributed by atoms with Crippen LogP contribution in [0.4, 0.5) is 0 Å². The van der Waals surface area contributed by atoms with Crippen molar-refractivity contribution in [3.05, 3.63) is 0 Å². The van der Waals surface area contributed by atoms with Crippen molar-refractivity contribution in [3.63, 3.8) is 0 Å². The van der Waals surface area contributed by atoms with E-state index in [-0.39, 0.29) is 17.7 Å². The molecule has 4 N–H and O–H groups in total. The van der Waals surface area contributed by atoms with Gasteiger partial charge in [-0.3, -0.25) is 4.79 Å². The van der Waals surface area contributed by atoms with Gasteiger partial charge in [0.15, 0.2) is 5.84 Å². The minimum absolute atomic E-state index is 0.00977. The van der Waals surface area contributed by atoms with Gasteiger partial charge in [0, 0.05) is 32.2 Å². The molecule has 20 heavy (non-hydrogen) atoms. The molecule has 0 spiro atoms. The molecule has 114 valence electrons. The third-order valence-electron chi connectivity index (χ3n) is 4.39. The second-order valence-electron chi connectivity index (χ2n) is 5.75. The van der Waals surface area contributed by atoms with E-state index in [4.69, 9.17) is 15.7 Å². The first kappa shape index (κ1) is 15.1. The highest BCUT2D eigenvalue weighted by Gasteiger charge is 2.40. The van der Waals surface area contributed by atoms with Gasteiger partial charge in [0.1, 0.15) is 5.54 Å². The van der Waals surface area contributed by atoms with Crippen molar-refractivity contribution >= 4 is 11.7 Å². The molecular formula is C13H24N4O3. The van der Waals surface area contributed by atoms with Crippen molar-refractivity contribution in [2.24, 2.45) is 16.8 Å². The van der Waals surface area contributed by atoms with Crippen molar-refractivity contribution in [1.82, 2.24) is 10.2 Å². The lowest BCUT2D eigenvalue weighted by Crippen LogP contribution is -2.63. The van der Waals surface area contributed by atoms with Crippen LogP contribution in [0.1, 0.15) is 25.7 Å². The van der Waals surface area contributed by atoms with Crippen LogP contribution in [-0.4, -0.2) is 60.7 Å². The normalized spacial score (nSPS) is 25.4. The van der Waals surface area contributed by atoms with Crippen molar-refractivity contribution in [3.8, 4) is 0 Å². The van der Waals surface area contributed by atoms with Gasteiger partial charge < -0.3 is 25.9 Å². The maximum absolute atomic E-state index is 12.4. The predicted molar refractivity (Wildman–Crippen MR) is 74.6 cm³/mol. The molecule has 7 heteroatoms. The Hall–Kier alpha value is -1.34. The molecule has 0 aromatic heterocycles. The van der Waals surface area contributed by atoms with Gasteiger partial charge in [-0.05, 0) is 32.7 Å². The number of nitrogens with zero attached hydrogens (tertiary/aromatic N) is 2. The lowest BCUT2D eigenvalue weighted by atomic mass is 9.85. The Morgan fingerprint density at radius 3 is 2.55 bits per heavy atom. The number of nitrogens with two attached hydrogens (primary N) is 1. The molecule has 2 aliphatic heterocycles. The van der Waals surface area contributed by atoms with Crippen LogP contribution >= 0.6 is 0 Å². The average molecular weight is 284 g/mol. The minimum atomic E-state index is -0.712. The second-order valence-corrected chi connectivity index (χ2v) is 5.75. The molecule has 0 aromatic carbocycles. The lowest BCUT2D eigenvalue weighted by Gasteiger charge is -2.41. The van der Waals surface area contributed by atoms with Crippen LogP contribution in [-0.2, 0) is 9.53 Å². The van der Waals surface area contributed by atoms with E-state index < -0.39 is 5.54 Å². The third kappa shape index (κ3) is 3.21. The molecule has 2 saturated heterocycles. The summed E-state index contributed by atoms with van der Waals surface area (Å²) in [6.07, 6.45) is 2.79. The molecule has 0 bridgehead atoms. The van der Waals surface area contributed by atoms with Crippen LogP contribution in [0, 0.1) is 5.92 Å². The summed E-state index contributed by atoms with van der Waals surface area (Å²) in [6.45, 7) is 2.86. The van der Waals surface area contributed by atoms with E-state index in [1.807, 2.05) is 7.05 Å². The summed E-state index contributed by atoms with van der Waals surface area (Å²) < 4.78 is 5.27. The summed E-state index contributed by atoms with van der Waals surface area (Å²) in [5.41, 5.74) is 5.14. The summed E-state index contributed by atoms with van der Waals surface area (Å²) in [4.78, 5) is 14.6. The van der Waals surface area contributed by atoms with Crippen LogP contribution < -0.4 is 11.1 Å². The number of piperidine rings is 1. The third-order valence-corrected chi connectivity index (χ3v) is 4.39. The zero-order chi connectivity index (χ0) is 14.6. The number of nitrogens with one attached hydrogen (secondary N) is 1. The molecule has 1 amide bonds. The standard InChI is InChI=1S/C13H24N4O3/c1-17-6-4-13(5-7-17,12(14)16-19)15-11(18)10-2-8-20-9-3-10/h10,19H,2-9H2,1H3,(H2,14,16)(H,15,18). The summed E-state index contributed by atoms with van der Waals surface area (Å²) in [6, 6.07) is 0. The molecule has 0 aromatic rings. The molecule has 0 saturated carbocycles. The van der Waals surface area contributed by atoms with Gasteiger partial charge in [-0.1, -0.05) is 5.16 Å². The molecule has 2 aliphatic rings. The monoisotopic (exact) mass is 284 g/mol. The van der Waals surface area contributed by atoms with E-state index in [0.717, 1.165) is 25.9 Å². The van der Waals surface area contributed by atoms with Gasteiger partial charge in [0.05, 0.1) is 0 Å². The van der Waals surface area contributed by atoms with E-state index in [1.165, 1.54) is 0 Å². The van der Waals surface area contributed by atoms with Crippen molar-refractivity contribution < 1.29 is 14.7 Å². The molecular weight excluding hydrogens is 260 g/mol. The molecule has 0 unspecified atom stereocenters. The molecule has 7 nitrogen and oxygen atoms in total. The first-order chi connectivity index (χ1) is 9.57. The predicted octanol–water partition coefficient (Wildman–Crippen LogP) is -0.260. The van der Waals surface area contributed by atoms with Gasteiger partial charge in [0.25, 0.3) is 0 Å². The summed E-state index contributed by atoms with van der Waals surface area (Å²) in [5.74, 6) is 0.0576. The first-order valence-electron chi connectivity index (χ1n) is 7.14. The SMILES string of the molecule is CN1CCC(NC(=O)C2CCOCC2)(C(N)=NO)CC1. The molecule has 2 rings (SSSR count). The second kappa shape index (κ2) is 6.41. The van der Waals surface area contributed by atoms with E-state index in [1.54, 1.807) is 0 Å². The van der Waals surface area contributed by atoms with Crippen molar-refractivity contribution in [2.45, 2.75) is 31.2 Å². The van der Waals surface area contributed by atoms with Gasteiger partial charge >= 0.3 is 0 Å². The van der Waals surface area contributed by atoms with Crippen LogP contribution in [0.3, 0.4) is 0 Å². The Balaban J connectivity index is 2.06. The van der Waals surface area contributed by atoms with Gasteiger partial charge in [-0.15, -0.1) is 0 Å². The fourth-order valence-corrected chi connectivity index (χ4v) is 2.84. The molecule has 0 radical (unpaired) electrons. The Morgan fingerprint density at radius 2 is 2.00 bits per heavy atom. The highest BCUT2D eigenvalue weighted by Crippen LogP contribution is 2.24. The number of carbonyl (C=O) groups is 1. The van der Waals surface area contributed by atoms with Gasteiger partial charge in [-0.2, -0.15) is 0 Å². The Labute approximate surface area is 119 Å². The summed E-state index contributed by atoms with van der Waals surface area (Å²) in [7, 11) is 2.02. The summed E-state index contributed by atoms with van der Waals surface area (Å²) >= 11 is 0. The maximum atomic E-state index is 12.4. The number of amidine groups is 1. The van der Waals surface area contributed by atoms with E-state index in [0.29, 0.717) is 26.1 Å². The number of carbonyl (C=O) groups excluding carboxylic acids is 1. The van der Waals surface area contributed by atoms with Crippen LogP contribution in [0.15, 0.2) is 5.16 Å². The number of amides is 1. The quantitative estimate of drug-likeness (QED) is 0.287. The number of hydrogen-bond acceptors (Lipinski definition) is 5. The zero-order valence-electron chi connectivity index (χ0n) is 12.0. The van der Waals surface area contributed by atoms with E-state index >= 15 is 0 Å². The van der Waals surface area contributed by atoms with E-state index in [2.05, 4.69) is 15.4 Å². The zero-order valence-corrected chi connectivity index (χ0v) is 12.0. The number of rotatable bonds is 3. The molecule has 2 fully saturated rings. The fourth-order valence-electron chi connectivity index (χ4n) is 2.84. The lowest BCUT2D eigenvalue weighted by molar-refractivity contribution is -0.129. The Morgan fingerprint density at radius 1 is 1.40 bits per heavy atom. The topological polar surface area (TPSA) is 100 Å². The summed E-state index contributed by atoms with van der Waals surface area (Å²) in [5, 5.41) is 15.2. The van der Waals surface area contributed by atoms with Gasteiger partial charge in [0.2, 0.25) is 5.91 Å². The van der Waals surface area contributed by atoms with Crippen LogP contribution in [0.5, 0.6) is 0 Å². The Kier molecular flexibility index (Phi) is 4.82. The van der Waals surface area contributed by atoms with Crippen molar-refractivity contribution in [1.29, 1.82) is 0 Å². The highest BCUT2D eigenvalue weighted by atomic mass is 16.5. The maximum Gasteiger partial charge on any atom is 0.224 e. The van der Waals surface area contributed by atoms with Crippen LogP contribution in [0.25, 0.3) is 0 Å². The molecule has 0 atom stereocenters. The smallest absolute Gasteiger partial charge is 0.224 e. The van der Waals surface area contributed by atoms with Gasteiger partial charge in [-0.25, -0.2) is 0 Å². The molecule has 2 heterocycles. The highest BCUT2D eigenvalue weighted by molar-refractivity contribution is 5.94. The molecule has 0 aliphatic carbocycles. The minimum Gasteiger partial charge on any atom is -0.409 e. The first-order valence-corrected chi connectivity index (χ1v) is 7.14. The number of likely N-dealkylation sites (tertiary alicyclic amines) is 1. The average Bonchev–Trinajstić information content (AvgIpc) is 2.49. The number of oxime groups is 1. The van der Waals surface area contributed by atoms with E-state index in [9.17, 15) is 4.79 Å².